The first-order valence-electron chi connectivity index (χ1n) is 6.50. The van der Waals surface area contributed by atoms with Crippen LogP contribution in [0.1, 0.15) is 36.8 Å². The summed E-state index contributed by atoms with van der Waals surface area (Å²) in [4.78, 5) is 13.3. The predicted molar refractivity (Wildman–Crippen MR) is 69.8 cm³/mol. The minimum Gasteiger partial charge on any atom is -0.300 e. The van der Waals surface area contributed by atoms with E-state index in [0.29, 0.717) is 42.3 Å². The molecule has 1 fully saturated rings. The molecule has 0 amide bonds. The van der Waals surface area contributed by atoms with Crippen molar-refractivity contribution in [3.63, 3.8) is 0 Å². The molecule has 0 spiro atoms. The lowest BCUT2D eigenvalue weighted by Gasteiger charge is -2.30. The second kappa shape index (κ2) is 5.94. The third-order valence-corrected chi connectivity index (χ3v) is 3.73. The summed E-state index contributed by atoms with van der Waals surface area (Å²) in [6.45, 7) is 0.472. The van der Waals surface area contributed by atoms with Crippen molar-refractivity contribution in [2.75, 3.05) is 7.05 Å². The number of ketones is 1. The molecule has 4 heteroatoms. The molecule has 0 N–H and O–H groups in total. The maximum Gasteiger partial charge on any atom is 0.133 e. The van der Waals surface area contributed by atoms with Gasteiger partial charge in [-0.1, -0.05) is 0 Å². The predicted octanol–water partition coefficient (Wildman–Crippen LogP) is 2.64. The van der Waals surface area contributed by atoms with Crippen LogP contribution in [0.25, 0.3) is 0 Å². The first-order valence-corrected chi connectivity index (χ1v) is 6.50. The van der Waals surface area contributed by atoms with E-state index in [1.165, 1.54) is 12.1 Å². The minimum atomic E-state index is -0.280. The summed E-state index contributed by atoms with van der Waals surface area (Å²) in [6, 6.07) is 6.77. The topological polar surface area (TPSA) is 44.1 Å². The number of carbonyl (C=O) groups excluding carboxylic acids is 1. The van der Waals surface area contributed by atoms with E-state index in [0.717, 1.165) is 12.8 Å². The van der Waals surface area contributed by atoms with Crippen LogP contribution in [-0.2, 0) is 11.3 Å². The van der Waals surface area contributed by atoms with Gasteiger partial charge < -0.3 is 0 Å². The van der Waals surface area contributed by atoms with Crippen molar-refractivity contribution in [1.29, 1.82) is 5.26 Å². The zero-order valence-electron chi connectivity index (χ0n) is 11.0. The van der Waals surface area contributed by atoms with Gasteiger partial charge in [0.15, 0.2) is 0 Å². The Kier molecular flexibility index (Phi) is 4.28. The summed E-state index contributed by atoms with van der Waals surface area (Å²) in [7, 11) is 1.94. The van der Waals surface area contributed by atoms with Crippen molar-refractivity contribution in [1.82, 2.24) is 4.90 Å². The molecule has 0 heterocycles. The highest BCUT2D eigenvalue weighted by Gasteiger charge is 2.22. The molecule has 1 aromatic rings. The van der Waals surface area contributed by atoms with Crippen LogP contribution >= 0.6 is 0 Å². The third kappa shape index (κ3) is 3.39. The van der Waals surface area contributed by atoms with Crippen LogP contribution in [0.5, 0.6) is 0 Å². The number of nitriles is 1. The summed E-state index contributed by atoms with van der Waals surface area (Å²) in [5.41, 5.74) is 1.02. The fraction of sp³-hybridized carbons (Fsp3) is 0.467. The molecular formula is C15H17FN2O. The number of benzene rings is 1. The molecule has 1 aromatic carbocycles. The second-order valence-electron chi connectivity index (χ2n) is 5.10. The van der Waals surface area contributed by atoms with Gasteiger partial charge in [0.2, 0.25) is 0 Å². The molecule has 0 unspecified atom stereocenters. The molecule has 1 saturated carbocycles. The molecule has 3 nitrogen and oxygen atoms in total. The maximum atomic E-state index is 13.7. The van der Waals surface area contributed by atoms with Crippen molar-refractivity contribution >= 4 is 5.78 Å². The summed E-state index contributed by atoms with van der Waals surface area (Å²) in [5.74, 6) is 0.0417. The Balaban J connectivity index is 2.04. The zero-order valence-corrected chi connectivity index (χ0v) is 11.0. The Morgan fingerprint density at radius 2 is 2.11 bits per heavy atom. The van der Waals surface area contributed by atoms with Gasteiger partial charge in [-0.05, 0) is 38.1 Å². The van der Waals surface area contributed by atoms with Gasteiger partial charge in [0.25, 0.3) is 0 Å². The van der Waals surface area contributed by atoms with E-state index in [9.17, 15) is 9.18 Å². The first-order chi connectivity index (χ1) is 9.10. The van der Waals surface area contributed by atoms with Gasteiger partial charge in [-0.25, -0.2) is 4.39 Å². The van der Waals surface area contributed by atoms with Gasteiger partial charge >= 0.3 is 0 Å². The monoisotopic (exact) mass is 260 g/mol. The van der Waals surface area contributed by atoms with Crippen molar-refractivity contribution in [3.05, 3.63) is 35.1 Å². The Morgan fingerprint density at radius 3 is 2.74 bits per heavy atom. The van der Waals surface area contributed by atoms with Crippen LogP contribution in [0.2, 0.25) is 0 Å². The standard InChI is InChI=1S/C15H17FN2O/c1-18(13-3-5-14(19)6-4-13)10-12-8-11(9-17)2-7-15(12)16/h2,7-8,13H,3-6,10H2,1H3. The average Bonchev–Trinajstić information content (AvgIpc) is 2.42. The van der Waals surface area contributed by atoms with Crippen LogP contribution in [-0.4, -0.2) is 23.8 Å². The number of carbonyl (C=O) groups is 1. The molecule has 100 valence electrons. The molecule has 0 aliphatic heterocycles. The molecule has 0 atom stereocenters. The van der Waals surface area contributed by atoms with E-state index in [1.807, 2.05) is 13.1 Å². The molecular weight excluding hydrogens is 243 g/mol. The molecule has 19 heavy (non-hydrogen) atoms. The van der Waals surface area contributed by atoms with Crippen molar-refractivity contribution < 1.29 is 9.18 Å². The lowest BCUT2D eigenvalue weighted by Crippen LogP contribution is -2.35. The summed E-state index contributed by atoms with van der Waals surface area (Å²) in [5, 5.41) is 8.84. The van der Waals surface area contributed by atoms with E-state index >= 15 is 0 Å². The number of hydrogen-bond donors (Lipinski definition) is 0. The summed E-state index contributed by atoms with van der Waals surface area (Å²) in [6.07, 6.45) is 2.93. The molecule has 1 aliphatic rings. The van der Waals surface area contributed by atoms with E-state index < -0.39 is 0 Å². The molecule has 0 saturated heterocycles. The lowest BCUT2D eigenvalue weighted by atomic mass is 9.93. The minimum absolute atomic E-state index is 0.280. The number of rotatable bonds is 3. The van der Waals surface area contributed by atoms with Gasteiger partial charge in [0.1, 0.15) is 11.6 Å². The Morgan fingerprint density at radius 1 is 1.42 bits per heavy atom. The zero-order chi connectivity index (χ0) is 13.8. The highest BCUT2D eigenvalue weighted by Crippen LogP contribution is 2.22. The van der Waals surface area contributed by atoms with Crippen molar-refractivity contribution in [3.8, 4) is 6.07 Å². The number of Topliss-reactive ketones (excluding diaryl/α,β-unsaturated/α-hetero) is 1. The van der Waals surface area contributed by atoms with Crippen LogP contribution < -0.4 is 0 Å². The second-order valence-corrected chi connectivity index (χ2v) is 5.10. The smallest absolute Gasteiger partial charge is 0.133 e. The summed E-state index contributed by atoms with van der Waals surface area (Å²) >= 11 is 0. The molecule has 2 rings (SSSR count). The van der Waals surface area contributed by atoms with Crippen LogP contribution in [0.15, 0.2) is 18.2 Å². The van der Waals surface area contributed by atoms with Gasteiger partial charge in [0.05, 0.1) is 11.6 Å². The average molecular weight is 260 g/mol. The third-order valence-electron chi connectivity index (χ3n) is 3.73. The largest absolute Gasteiger partial charge is 0.300 e. The Labute approximate surface area is 112 Å². The van der Waals surface area contributed by atoms with Crippen LogP contribution in [0, 0.1) is 17.1 Å². The number of nitrogens with zero attached hydrogens (tertiary/aromatic N) is 2. The lowest BCUT2D eigenvalue weighted by molar-refractivity contribution is -0.121. The van der Waals surface area contributed by atoms with Crippen LogP contribution in [0.3, 0.4) is 0 Å². The van der Waals surface area contributed by atoms with E-state index in [-0.39, 0.29) is 5.82 Å². The summed E-state index contributed by atoms with van der Waals surface area (Å²) < 4.78 is 13.7. The van der Waals surface area contributed by atoms with Gasteiger partial charge in [-0.3, -0.25) is 9.69 Å². The highest BCUT2D eigenvalue weighted by molar-refractivity contribution is 5.79. The Hall–Kier alpha value is -1.73. The highest BCUT2D eigenvalue weighted by atomic mass is 19.1. The molecule has 0 bridgehead atoms. The van der Waals surface area contributed by atoms with E-state index in [4.69, 9.17) is 5.26 Å². The van der Waals surface area contributed by atoms with Gasteiger partial charge in [-0.15, -0.1) is 0 Å². The van der Waals surface area contributed by atoms with E-state index in [2.05, 4.69) is 4.90 Å². The van der Waals surface area contributed by atoms with Gasteiger partial charge in [-0.2, -0.15) is 5.26 Å². The maximum absolute atomic E-state index is 13.7. The number of halogens is 1. The number of hydrogen-bond acceptors (Lipinski definition) is 3. The van der Waals surface area contributed by atoms with Gasteiger partial charge in [0, 0.05) is 31.0 Å². The molecule has 0 radical (unpaired) electrons. The Bertz CT molecular complexity index is 511. The molecule has 1 aliphatic carbocycles. The first kappa shape index (κ1) is 13.7. The van der Waals surface area contributed by atoms with E-state index in [1.54, 1.807) is 6.07 Å². The van der Waals surface area contributed by atoms with Crippen molar-refractivity contribution in [2.24, 2.45) is 0 Å². The quantitative estimate of drug-likeness (QED) is 0.839. The normalized spacial score (nSPS) is 16.6. The fourth-order valence-corrected chi connectivity index (χ4v) is 2.53. The van der Waals surface area contributed by atoms with Crippen LogP contribution in [0.4, 0.5) is 4.39 Å². The van der Waals surface area contributed by atoms with Crippen molar-refractivity contribution in [2.45, 2.75) is 38.3 Å². The fourth-order valence-electron chi connectivity index (χ4n) is 2.53. The SMILES string of the molecule is CN(Cc1cc(C#N)ccc1F)C1CCC(=O)CC1. The molecule has 0 aromatic heterocycles.